The fourth-order valence-electron chi connectivity index (χ4n) is 4.55. The summed E-state index contributed by atoms with van der Waals surface area (Å²) in [4.78, 5) is 2.12. The fraction of sp³-hybridized carbons (Fsp3) is 0.581. The Kier molecular flexibility index (Phi) is 6.63. The van der Waals surface area contributed by atoms with Gasteiger partial charge in [-0.05, 0) is 44.9 Å². The molecule has 0 radical (unpaired) electrons. The van der Waals surface area contributed by atoms with Crippen LogP contribution in [0.25, 0.3) is 0 Å². The third kappa shape index (κ3) is 5.52. The van der Waals surface area contributed by atoms with Crippen molar-refractivity contribution in [3.63, 3.8) is 0 Å². The van der Waals surface area contributed by atoms with Crippen LogP contribution in [-0.4, -0.2) is 34.2 Å². The number of phenolic OH excluding ortho intramolecular Hbond substituents is 2. The van der Waals surface area contributed by atoms with Gasteiger partial charge in [0.05, 0.1) is 0 Å². The predicted molar refractivity (Wildman–Crippen MR) is 149 cm³/mol. The van der Waals surface area contributed by atoms with Gasteiger partial charge in [0, 0.05) is 11.1 Å². The monoisotopic (exact) mass is 479 g/mol. The molecular formula is C31H47N2O2+. The molecule has 1 heterocycles. The van der Waals surface area contributed by atoms with E-state index in [0.29, 0.717) is 11.5 Å². The Morgan fingerprint density at radius 2 is 1.09 bits per heavy atom. The number of nitrogens with zero attached hydrogens (tertiary/aromatic N) is 2. The number of rotatable bonds is 2. The van der Waals surface area contributed by atoms with Crippen molar-refractivity contribution >= 4 is 17.7 Å². The van der Waals surface area contributed by atoms with Crippen LogP contribution >= 0.6 is 0 Å². The summed E-state index contributed by atoms with van der Waals surface area (Å²) in [6, 6.07) is 8.55. The summed E-state index contributed by atoms with van der Waals surface area (Å²) in [7, 11) is 0. The van der Waals surface area contributed by atoms with Gasteiger partial charge in [0.15, 0.2) is 22.9 Å². The molecule has 0 aliphatic carbocycles. The third-order valence-corrected chi connectivity index (χ3v) is 7.01. The van der Waals surface area contributed by atoms with Gasteiger partial charge in [-0.25, -0.2) is 9.48 Å². The van der Waals surface area contributed by atoms with E-state index in [-0.39, 0.29) is 21.7 Å². The average molecular weight is 480 g/mol. The summed E-state index contributed by atoms with van der Waals surface area (Å²) < 4.78 is 2.12. The highest BCUT2D eigenvalue weighted by Gasteiger charge is 2.34. The summed E-state index contributed by atoms with van der Waals surface area (Å²) in [5.74, 6) is 0.679. The zero-order valence-corrected chi connectivity index (χ0v) is 24.1. The molecule has 35 heavy (non-hydrogen) atoms. The summed E-state index contributed by atoms with van der Waals surface area (Å²) >= 11 is 0. The molecule has 0 bridgehead atoms. The Balaban J connectivity index is 2.19. The molecule has 4 heteroatoms. The molecule has 0 saturated carbocycles. The molecule has 3 rings (SSSR count). The molecule has 1 aliphatic rings. The smallest absolute Gasteiger partial charge is 0.245 e. The molecule has 0 amide bonds. The quantitative estimate of drug-likeness (QED) is 0.439. The van der Waals surface area contributed by atoms with Crippen LogP contribution in [0.15, 0.2) is 24.3 Å². The molecular weight excluding hydrogens is 432 g/mol. The van der Waals surface area contributed by atoms with Gasteiger partial charge in [-0.3, -0.25) is 0 Å². The van der Waals surface area contributed by atoms with Crippen LogP contribution in [0.3, 0.4) is 0 Å². The number of benzene rings is 2. The Hall–Kier alpha value is -2.49. The van der Waals surface area contributed by atoms with E-state index < -0.39 is 0 Å². The maximum Gasteiger partial charge on any atom is 0.245 e. The van der Waals surface area contributed by atoms with Crippen LogP contribution < -0.4 is 4.90 Å². The van der Waals surface area contributed by atoms with Gasteiger partial charge in [-0.15, -0.1) is 0 Å². The lowest BCUT2D eigenvalue weighted by atomic mass is 9.79. The molecule has 0 aromatic heterocycles. The van der Waals surface area contributed by atoms with E-state index in [9.17, 15) is 10.2 Å². The maximum absolute atomic E-state index is 11.4. The summed E-state index contributed by atoms with van der Waals surface area (Å²) in [6.07, 6.45) is 2.04. The lowest BCUT2D eigenvalue weighted by Crippen LogP contribution is -2.22. The normalized spacial score (nSPS) is 15.5. The molecule has 2 aromatic rings. The van der Waals surface area contributed by atoms with E-state index >= 15 is 0 Å². The lowest BCUT2D eigenvalue weighted by Gasteiger charge is -2.27. The highest BCUT2D eigenvalue weighted by Crippen LogP contribution is 2.44. The largest absolute Gasteiger partial charge is 0.504 e. The zero-order valence-electron chi connectivity index (χ0n) is 24.1. The van der Waals surface area contributed by atoms with Crippen molar-refractivity contribution < 1.29 is 14.8 Å². The van der Waals surface area contributed by atoms with Crippen LogP contribution in [0, 0.1) is 0 Å². The lowest BCUT2D eigenvalue weighted by molar-refractivity contribution is -0.425. The molecule has 2 aromatic carbocycles. The minimum absolute atomic E-state index is 0.0389. The highest BCUT2D eigenvalue weighted by atomic mass is 16.3. The molecule has 0 atom stereocenters. The van der Waals surface area contributed by atoms with E-state index in [1.807, 2.05) is 6.34 Å². The molecule has 4 nitrogen and oxygen atoms in total. The molecule has 192 valence electrons. The standard InChI is InChI=1S/C31H46N2O2/c1-28(2,3)20-15-22(30(7,8)9)26(34)24(17-20)32-13-14-33(19-32)25-18-21(29(4,5)6)16-23(27(25)35)31(10,11)12/h15-19H,13-14H2,1-12H3,(H-,34,35)/p+1. The van der Waals surface area contributed by atoms with Crippen LogP contribution in [0.5, 0.6) is 11.5 Å². The van der Waals surface area contributed by atoms with Gasteiger partial charge < -0.3 is 10.2 Å². The minimum atomic E-state index is -0.180. The molecule has 0 spiro atoms. The van der Waals surface area contributed by atoms with Crippen molar-refractivity contribution in [2.45, 2.75) is 105 Å². The number of phenols is 2. The Labute approximate surface area is 213 Å². The minimum Gasteiger partial charge on any atom is -0.504 e. The first-order valence-corrected chi connectivity index (χ1v) is 12.9. The van der Waals surface area contributed by atoms with E-state index in [1.54, 1.807) is 0 Å². The van der Waals surface area contributed by atoms with E-state index in [4.69, 9.17) is 0 Å². The van der Waals surface area contributed by atoms with Crippen LogP contribution in [0.4, 0.5) is 11.4 Å². The van der Waals surface area contributed by atoms with Crippen LogP contribution in [0.1, 0.15) is 105 Å². The van der Waals surface area contributed by atoms with Crippen molar-refractivity contribution in [3.05, 3.63) is 46.5 Å². The van der Waals surface area contributed by atoms with Crippen molar-refractivity contribution in [1.29, 1.82) is 0 Å². The van der Waals surface area contributed by atoms with E-state index in [1.165, 1.54) is 11.1 Å². The van der Waals surface area contributed by atoms with E-state index in [2.05, 4.69) is 117 Å². The summed E-state index contributed by atoms with van der Waals surface area (Å²) in [5, 5.41) is 22.7. The first kappa shape index (κ1) is 27.1. The van der Waals surface area contributed by atoms with Crippen molar-refractivity contribution in [2.75, 3.05) is 18.0 Å². The van der Waals surface area contributed by atoms with Gasteiger partial charge in [0.2, 0.25) is 6.34 Å². The number of hydrogen-bond donors (Lipinski definition) is 2. The van der Waals surface area contributed by atoms with Gasteiger partial charge in [-0.1, -0.05) is 95.2 Å². The summed E-state index contributed by atoms with van der Waals surface area (Å²) in [6.45, 7) is 27.6. The fourth-order valence-corrected chi connectivity index (χ4v) is 4.55. The first-order valence-electron chi connectivity index (χ1n) is 12.9. The Morgan fingerprint density at radius 1 is 0.629 bits per heavy atom. The van der Waals surface area contributed by atoms with Gasteiger partial charge >= 0.3 is 0 Å². The third-order valence-electron chi connectivity index (χ3n) is 7.01. The Morgan fingerprint density at radius 3 is 1.54 bits per heavy atom. The zero-order chi connectivity index (χ0) is 26.7. The Bertz CT molecular complexity index is 1150. The first-order chi connectivity index (χ1) is 15.7. The van der Waals surface area contributed by atoms with Gasteiger partial charge in [0.1, 0.15) is 13.1 Å². The molecule has 2 N–H and O–H groups in total. The second kappa shape index (κ2) is 8.57. The number of aromatic hydroxyl groups is 2. The molecule has 1 aliphatic heterocycles. The molecule has 0 fully saturated rings. The maximum atomic E-state index is 11.4. The van der Waals surface area contributed by atoms with Crippen molar-refractivity contribution in [3.8, 4) is 11.5 Å². The average Bonchev–Trinajstić information content (AvgIpc) is 3.14. The van der Waals surface area contributed by atoms with E-state index in [0.717, 1.165) is 35.6 Å². The van der Waals surface area contributed by atoms with Crippen molar-refractivity contribution in [2.24, 2.45) is 0 Å². The highest BCUT2D eigenvalue weighted by molar-refractivity contribution is 5.83. The number of anilines is 1. The SMILES string of the molecule is CC(C)(C)c1cc(N2C=[N+](c3cc(C(C)(C)C)cc(C(C)(C)C)c3O)CC2)c(O)c(C(C)(C)C)c1. The predicted octanol–water partition coefficient (Wildman–Crippen LogP) is 7.48. The van der Waals surface area contributed by atoms with Crippen LogP contribution in [-0.2, 0) is 21.7 Å². The van der Waals surface area contributed by atoms with Crippen LogP contribution in [0.2, 0.25) is 0 Å². The number of hydrogen-bond acceptors (Lipinski definition) is 3. The molecule has 0 saturated heterocycles. The van der Waals surface area contributed by atoms with Crippen molar-refractivity contribution in [1.82, 2.24) is 0 Å². The summed E-state index contributed by atoms with van der Waals surface area (Å²) in [5.41, 5.74) is 5.54. The van der Waals surface area contributed by atoms with Gasteiger partial charge in [-0.2, -0.15) is 0 Å². The second-order valence-electron chi connectivity index (χ2n) is 14.3. The second-order valence-corrected chi connectivity index (χ2v) is 14.3. The topological polar surface area (TPSA) is 46.7 Å². The molecule has 0 unspecified atom stereocenters. The van der Waals surface area contributed by atoms with Gasteiger partial charge in [0.25, 0.3) is 0 Å².